The van der Waals surface area contributed by atoms with Crippen LogP contribution < -0.4 is 0 Å². The normalized spacial score (nSPS) is 10.6. The topological polar surface area (TPSA) is 38.7 Å². The van der Waals surface area contributed by atoms with E-state index in [0.29, 0.717) is 10.8 Å². The summed E-state index contributed by atoms with van der Waals surface area (Å²) in [4.78, 5) is 4.22. The van der Waals surface area contributed by atoms with Gasteiger partial charge in [0.25, 0.3) is 0 Å². The molecule has 0 amide bonds. The van der Waals surface area contributed by atoms with Crippen molar-refractivity contribution >= 4 is 11.6 Å². The molecule has 0 aliphatic heterocycles. The summed E-state index contributed by atoms with van der Waals surface area (Å²) in [5.74, 6) is 0.524. The molecule has 0 saturated carbocycles. The maximum atomic E-state index is 6.50. The summed E-state index contributed by atoms with van der Waals surface area (Å²) in [6.07, 6.45) is 3.15. The Labute approximate surface area is 151 Å². The van der Waals surface area contributed by atoms with Crippen LogP contribution in [0.1, 0.15) is 0 Å². The van der Waals surface area contributed by atoms with Crippen LogP contribution in [0.2, 0.25) is 5.02 Å². The summed E-state index contributed by atoms with van der Waals surface area (Å²) in [5.41, 5.74) is 5.31. The van der Waals surface area contributed by atoms with Gasteiger partial charge in [-0.05, 0) is 34.4 Å². The lowest BCUT2D eigenvalue weighted by molar-refractivity contribution is 0.980. The Balaban J connectivity index is 1.81. The van der Waals surface area contributed by atoms with E-state index in [-0.39, 0.29) is 0 Å². The van der Waals surface area contributed by atoms with Gasteiger partial charge < -0.3 is 0 Å². The predicted octanol–water partition coefficient (Wildman–Crippen LogP) is 5.53. The molecule has 0 saturated heterocycles. The van der Waals surface area contributed by atoms with Crippen LogP contribution in [0.4, 0.5) is 0 Å². The molecule has 1 heterocycles. The first-order chi connectivity index (χ1) is 12.3. The monoisotopic (exact) mass is 343 g/mol. The van der Waals surface area contributed by atoms with Gasteiger partial charge in [0.05, 0.1) is 11.2 Å². The zero-order chi connectivity index (χ0) is 17.1. The summed E-state index contributed by atoms with van der Waals surface area (Å²) in [6.45, 7) is 0. The van der Waals surface area contributed by atoms with Gasteiger partial charge in [0.2, 0.25) is 0 Å². The molecule has 0 aliphatic rings. The third-order valence-electron chi connectivity index (χ3n) is 4.02. The second-order valence-electron chi connectivity index (χ2n) is 5.57. The lowest BCUT2D eigenvalue weighted by Gasteiger charge is -2.11. The molecule has 25 heavy (non-hydrogen) atoms. The van der Waals surface area contributed by atoms with E-state index < -0.39 is 0 Å². The van der Waals surface area contributed by atoms with Gasteiger partial charge in [-0.25, -0.2) is 4.98 Å². The highest BCUT2D eigenvalue weighted by Gasteiger charge is 2.11. The molecule has 0 N–H and O–H groups in total. The molecule has 120 valence electrons. The number of nitrogens with zero attached hydrogens (tertiary/aromatic N) is 3. The summed E-state index contributed by atoms with van der Waals surface area (Å²) in [5, 5.41) is 8.50. The highest BCUT2D eigenvalue weighted by atomic mass is 35.5. The first-order valence-corrected chi connectivity index (χ1v) is 8.29. The van der Waals surface area contributed by atoms with Gasteiger partial charge >= 0.3 is 0 Å². The van der Waals surface area contributed by atoms with Crippen LogP contribution in [0.5, 0.6) is 0 Å². The molecule has 3 nitrogen and oxygen atoms in total. The van der Waals surface area contributed by atoms with Crippen LogP contribution in [0.3, 0.4) is 0 Å². The van der Waals surface area contributed by atoms with E-state index in [1.807, 2.05) is 48.5 Å². The van der Waals surface area contributed by atoms with Crippen LogP contribution in [-0.2, 0) is 0 Å². The maximum absolute atomic E-state index is 6.50. The molecule has 3 aromatic carbocycles. The molecule has 4 rings (SSSR count). The number of rotatable bonds is 3. The lowest BCUT2D eigenvalue weighted by Crippen LogP contribution is -1.92. The van der Waals surface area contributed by atoms with Crippen molar-refractivity contribution in [1.29, 1.82) is 0 Å². The summed E-state index contributed by atoms with van der Waals surface area (Å²) >= 11 is 6.50. The van der Waals surface area contributed by atoms with Crippen molar-refractivity contribution in [1.82, 2.24) is 15.2 Å². The van der Waals surface area contributed by atoms with Crippen molar-refractivity contribution in [3.8, 4) is 33.6 Å². The molecular weight excluding hydrogens is 330 g/mol. The Morgan fingerprint density at radius 2 is 1.36 bits per heavy atom. The fourth-order valence-electron chi connectivity index (χ4n) is 2.84. The molecule has 0 bridgehead atoms. The third-order valence-corrected chi connectivity index (χ3v) is 4.33. The molecule has 1 aromatic heterocycles. The van der Waals surface area contributed by atoms with Gasteiger partial charge in [-0.1, -0.05) is 72.3 Å². The predicted molar refractivity (Wildman–Crippen MR) is 101 cm³/mol. The smallest absolute Gasteiger partial charge is 0.183 e. The van der Waals surface area contributed by atoms with Crippen molar-refractivity contribution in [3.63, 3.8) is 0 Å². The Bertz CT molecular complexity index is 1000. The minimum atomic E-state index is 0.524. The number of benzene rings is 3. The minimum absolute atomic E-state index is 0.524. The second-order valence-corrected chi connectivity index (χ2v) is 5.98. The van der Waals surface area contributed by atoms with E-state index in [9.17, 15) is 0 Å². The van der Waals surface area contributed by atoms with Crippen molar-refractivity contribution < 1.29 is 0 Å². The second kappa shape index (κ2) is 6.83. The van der Waals surface area contributed by atoms with Gasteiger partial charge in [-0.3, -0.25) is 0 Å². The standard InChI is InChI=1S/C21H14ClN3/c22-20-14-16(10-11-19(20)21-23-12-13-24-25-21)18-9-5-4-8-17(18)15-6-2-1-3-7-15/h1-14H. The largest absolute Gasteiger partial charge is 0.233 e. The fourth-order valence-corrected chi connectivity index (χ4v) is 3.10. The number of aromatic nitrogens is 3. The number of halogens is 1. The number of hydrogen-bond donors (Lipinski definition) is 0. The zero-order valence-corrected chi connectivity index (χ0v) is 14.1. The molecule has 0 spiro atoms. The van der Waals surface area contributed by atoms with Crippen LogP contribution >= 0.6 is 11.6 Å². The summed E-state index contributed by atoms with van der Waals surface area (Å²) in [7, 11) is 0. The average molecular weight is 344 g/mol. The SMILES string of the molecule is Clc1cc(-c2ccccc2-c2ccccc2)ccc1-c1nccnn1. The molecule has 4 aromatic rings. The van der Waals surface area contributed by atoms with Crippen molar-refractivity contribution in [2.45, 2.75) is 0 Å². The van der Waals surface area contributed by atoms with E-state index in [2.05, 4.69) is 39.4 Å². The molecule has 0 atom stereocenters. The molecule has 0 radical (unpaired) electrons. The fraction of sp³-hybridized carbons (Fsp3) is 0. The van der Waals surface area contributed by atoms with Gasteiger partial charge in [0.1, 0.15) is 0 Å². The lowest BCUT2D eigenvalue weighted by atomic mass is 9.94. The van der Waals surface area contributed by atoms with Crippen molar-refractivity contribution in [2.75, 3.05) is 0 Å². The Morgan fingerprint density at radius 1 is 0.640 bits per heavy atom. The van der Waals surface area contributed by atoms with E-state index in [0.717, 1.165) is 16.7 Å². The van der Waals surface area contributed by atoms with Crippen molar-refractivity contribution in [2.24, 2.45) is 0 Å². The van der Waals surface area contributed by atoms with E-state index in [4.69, 9.17) is 11.6 Å². The molecule has 4 heteroatoms. The van der Waals surface area contributed by atoms with Gasteiger partial charge in [-0.15, -0.1) is 5.10 Å². The first kappa shape index (κ1) is 15.5. The Hall–Kier alpha value is -3.04. The molecule has 0 aliphatic carbocycles. The van der Waals surface area contributed by atoms with Gasteiger partial charge in [-0.2, -0.15) is 5.10 Å². The van der Waals surface area contributed by atoms with E-state index in [1.54, 1.807) is 12.4 Å². The Kier molecular flexibility index (Phi) is 4.23. The third kappa shape index (κ3) is 3.14. The molecular formula is C21H14ClN3. The van der Waals surface area contributed by atoms with Crippen LogP contribution in [0.15, 0.2) is 85.2 Å². The van der Waals surface area contributed by atoms with E-state index in [1.165, 1.54) is 11.1 Å². The molecule has 0 fully saturated rings. The summed E-state index contributed by atoms with van der Waals surface area (Å²) in [6, 6.07) is 24.6. The zero-order valence-electron chi connectivity index (χ0n) is 13.3. The van der Waals surface area contributed by atoms with Gasteiger partial charge in [0, 0.05) is 11.8 Å². The Morgan fingerprint density at radius 3 is 2.04 bits per heavy atom. The first-order valence-electron chi connectivity index (χ1n) is 7.91. The van der Waals surface area contributed by atoms with E-state index >= 15 is 0 Å². The van der Waals surface area contributed by atoms with Crippen LogP contribution in [-0.4, -0.2) is 15.2 Å². The summed E-state index contributed by atoms with van der Waals surface area (Å²) < 4.78 is 0. The van der Waals surface area contributed by atoms with Crippen LogP contribution in [0, 0.1) is 0 Å². The highest BCUT2D eigenvalue weighted by molar-refractivity contribution is 6.33. The van der Waals surface area contributed by atoms with Gasteiger partial charge in [0.15, 0.2) is 5.82 Å². The maximum Gasteiger partial charge on any atom is 0.183 e. The highest BCUT2D eigenvalue weighted by Crippen LogP contribution is 2.35. The average Bonchev–Trinajstić information content (AvgIpc) is 2.69. The minimum Gasteiger partial charge on any atom is -0.233 e. The van der Waals surface area contributed by atoms with Crippen molar-refractivity contribution in [3.05, 3.63) is 90.2 Å². The molecule has 0 unspecified atom stereocenters. The number of hydrogen-bond acceptors (Lipinski definition) is 3. The van der Waals surface area contributed by atoms with Crippen LogP contribution in [0.25, 0.3) is 33.6 Å². The quantitative estimate of drug-likeness (QED) is 0.491.